The molecule has 2 aromatic carbocycles. The first-order chi connectivity index (χ1) is 15.3. The number of aromatic nitrogens is 4. The highest BCUT2D eigenvalue weighted by Crippen LogP contribution is 2.24. The van der Waals surface area contributed by atoms with Gasteiger partial charge in [-0.2, -0.15) is 10.2 Å². The maximum Gasteiger partial charge on any atom is 0.293 e. The number of nitrogens with one attached hydrogen (secondary N) is 1. The van der Waals surface area contributed by atoms with Crippen molar-refractivity contribution in [3.8, 4) is 5.69 Å². The van der Waals surface area contributed by atoms with Crippen LogP contribution in [-0.2, 0) is 11.3 Å². The van der Waals surface area contributed by atoms with Crippen LogP contribution in [0.2, 0.25) is 0 Å². The number of aryl methyl sites for hydroxylation is 2. The Morgan fingerprint density at radius 1 is 1.03 bits per heavy atom. The summed E-state index contributed by atoms with van der Waals surface area (Å²) >= 11 is 0. The van der Waals surface area contributed by atoms with Crippen LogP contribution in [0.15, 0.2) is 53.5 Å². The third kappa shape index (κ3) is 3.82. The van der Waals surface area contributed by atoms with Crippen molar-refractivity contribution >= 4 is 22.5 Å². The molecule has 0 bridgehead atoms. The first-order valence-corrected chi connectivity index (χ1v) is 10.7. The summed E-state index contributed by atoms with van der Waals surface area (Å²) < 4.78 is 2.90. The van der Waals surface area contributed by atoms with E-state index < -0.39 is 0 Å². The number of hydrogen-bond acceptors (Lipinski definition) is 4. The molecule has 7 nitrogen and oxygen atoms in total. The maximum absolute atomic E-state index is 13.4. The van der Waals surface area contributed by atoms with Gasteiger partial charge in [0.1, 0.15) is 12.1 Å². The predicted molar refractivity (Wildman–Crippen MR) is 126 cm³/mol. The van der Waals surface area contributed by atoms with Crippen LogP contribution in [-0.4, -0.2) is 25.5 Å². The minimum absolute atomic E-state index is 0.0564. The Kier molecular flexibility index (Phi) is 5.65. The van der Waals surface area contributed by atoms with Gasteiger partial charge in [0, 0.05) is 11.1 Å². The van der Waals surface area contributed by atoms with Crippen LogP contribution in [0.3, 0.4) is 0 Å². The van der Waals surface area contributed by atoms with E-state index in [4.69, 9.17) is 0 Å². The van der Waals surface area contributed by atoms with Gasteiger partial charge in [-0.15, -0.1) is 0 Å². The van der Waals surface area contributed by atoms with Gasteiger partial charge in [-0.1, -0.05) is 44.2 Å². The van der Waals surface area contributed by atoms with Crippen molar-refractivity contribution in [2.24, 2.45) is 0 Å². The average Bonchev–Trinajstić information content (AvgIpc) is 3.19. The van der Waals surface area contributed by atoms with Crippen LogP contribution >= 0.6 is 0 Å². The molecule has 0 saturated heterocycles. The lowest BCUT2D eigenvalue weighted by atomic mass is 10.1. The zero-order chi connectivity index (χ0) is 23.0. The lowest BCUT2D eigenvalue weighted by Crippen LogP contribution is -2.32. The Hall–Kier alpha value is -3.74. The second-order valence-corrected chi connectivity index (χ2v) is 8.40. The number of carbonyl (C=O) groups is 1. The molecule has 0 spiro atoms. The molecule has 4 rings (SSSR count). The van der Waals surface area contributed by atoms with Crippen LogP contribution in [0.5, 0.6) is 0 Å². The summed E-state index contributed by atoms with van der Waals surface area (Å²) in [6.07, 6.45) is 1.69. The highest BCUT2D eigenvalue weighted by atomic mass is 16.2. The smallest absolute Gasteiger partial charge is 0.293 e. The maximum atomic E-state index is 13.4. The molecule has 2 aromatic heterocycles. The van der Waals surface area contributed by atoms with E-state index in [1.807, 2.05) is 77.1 Å². The molecule has 1 amide bonds. The lowest BCUT2D eigenvalue weighted by Gasteiger charge is -2.14. The van der Waals surface area contributed by atoms with Gasteiger partial charge in [-0.05, 0) is 55.5 Å². The molecule has 32 heavy (non-hydrogen) atoms. The Labute approximate surface area is 186 Å². The summed E-state index contributed by atoms with van der Waals surface area (Å²) in [5.41, 5.74) is 5.46. The second kappa shape index (κ2) is 8.42. The van der Waals surface area contributed by atoms with Crippen molar-refractivity contribution in [1.82, 2.24) is 19.6 Å². The number of carbonyl (C=O) groups excluding carboxylic acids is 1. The van der Waals surface area contributed by atoms with Gasteiger partial charge < -0.3 is 5.32 Å². The summed E-state index contributed by atoms with van der Waals surface area (Å²) in [7, 11) is 0. The average molecular weight is 430 g/mol. The summed E-state index contributed by atoms with van der Waals surface area (Å²) in [6, 6.07) is 13.5. The first-order valence-electron chi connectivity index (χ1n) is 10.7. The van der Waals surface area contributed by atoms with Crippen LogP contribution in [0, 0.1) is 20.8 Å². The molecule has 0 fully saturated rings. The third-order valence-corrected chi connectivity index (χ3v) is 5.77. The summed E-state index contributed by atoms with van der Waals surface area (Å²) in [5.74, 6) is -0.245. The predicted octanol–water partition coefficient (Wildman–Crippen LogP) is 4.27. The monoisotopic (exact) mass is 429 g/mol. The van der Waals surface area contributed by atoms with Gasteiger partial charge in [0.05, 0.1) is 17.6 Å². The number of amides is 1. The number of rotatable bonds is 5. The molecule has 0 radical (unpaired) electrons. The minimum Gasteiger partial charge on any atom is -0.324 e. The second-order valence-electron chi connectivity index (χ2n) is 8.40. The normalized spacial score (nSPS) is 11.3. The molecule has 0 saturated carbocycles. The fraction of sp³-hybridized carbons (Fsp3) is 0.280. The standard InChI is InChI=1S/C25H27N5O2/c1-15(2)23-19-13-26-30(21-12-7-6-9-17(21)4)24(19)25(32)29(28-23)14-22(31)27-20-11-8-10-16(3)18(20)5/h6-13,15H,14H2,1-5H3,(H,27,31). The Morgan fingerprint density at radius 2 is 1.75 bits per heavy atom. The van der Waals surface area contributed by atoms with Crippen molar-refractivity contribution in [2.75, 3.05) is 5.32 Å². The SMILES string of the molecule is Cc1ccccc1-n1ncc2c(C(C)C)nn(CC(=O)Nc3cccc(C)c3C)c(=O)c21. The van der Waals surface area contributed by atoms with Crippen LogP contribution in [0.25, 0.3) is 16.6 Å². The van der Waals surface area contributed by atoms with Crippen molar-refractivity contribution in [2.45, 2.75) is 47.1 Å². The van der Waals surface area contributed by atoms with E-state index in [-0.39, 0.29) is 23.9 Å². The van der Waals surface area contributed by atoms with Crippen LogP contribution in [0.1, 0.15) is 42.1 Å². The molecule has 2 heterocycles. The Morgan fingerprint density at radius 3 is 2.47 bits per heavy atom. The molecule has 0 aliphatic rings. The Balaban J connectivity index is 1.80. The van der Waals surface area contributed by atoms with E-state index in [0.717, 1.165) is 33.8 Å². The molecular weight excluding hydrogens is 402 g/mol. The van der Waals surface area contributed by atoms with Gasteiger partial charge in [0.15, 0.2) is 0 Å². The molecule has 0 atom stereocenters. The molecule has 1 N–H and O–H groups in total. The van der Waals surface area contributed by atoms with Gasteiger partial charge in [-0.25, -0.2) is 9.36 Å². The van der Waals surface area contributed by atoms with E-state index in [9.17, 15) is 9.59 Å². The summed E-state index contributed by atoms with van der Waals surface area (Å²) in [6.45, 7) is 9.77. The number of fused-ring (bicyclic) bond motifs is 1. The summed E-state index contributed by atoms with van der Waals surface area (Å²) in [5, 5.41) is 12.7. The van der Waals surface area contributed by atoms with Crippen molar-refractivity contribution in [3.63, 3.8) is 0 Å². The van der Waals surface area contributed by atoms with Gasteiger partial charge in [0.2, 0.25) is 5.91 Å². The van der Waals surface area contributed by atoms with Crippen LogP contribution in [0.4, 0.5) is 5.69 Å². The van der Waals surface area contributed by atoms with Crippen molar-refractivity contribution < 1.29 is 4.79 Å². The third-order valence-electron chi connectivity index (χ3n) is 5.77. The van der Waals surface area contributed by atoms with Crippen LogP contribution < -0.4 is 10.9 Å². The van der Waals surface area contributed by atoms with Gasteiger partial charge in [0.25, 0.3) is 5.56 Å². The molecule has 7 heteroatoms. The quantitative estimate of drug-likeness (QED) is 0.514. The zero-order valence-corrected chi connectivity index (χ0v) is 19.0. The molecule has 164 valence electrons. The number of benzene rings is 2. The largest absolute Gasteiger partial charge is 0.324 e. The molecule has 0 aliphatic carbocycles. The lowest BCUT2D eigenvalue weighted by molar-refractivity contribution is -0.117. The molecule has 4 aromatic rings. The van der Waals surface area contributed by atoms with Gasteiger partial charge >= 0.3 is 0 Å². The van der Waals surface area contributed by atoms with E-state index in [1.165, 1.54) is 4.68 Å². The minimum atomic E-state index is -0.346. The fourth-order valence-electron chi connectivity index (χ4n) is 3.82. The molecule has 0 unspecified atom stereocenters. The summed E-state index contributed by atoms with van der Waals surface area (Å²) in [4.78, 5) is 26.3. The van der Waals surface area contributed by atoms with Crippen molar-refractivity contribution in [3.05, 3.63) is 81.4 Å². The van der Waals surface area contributed by atoms with E-state index >= 15 is 0 Å². The first kappa shape index (κ1) is 21.5. The molecular formula is C25H27N5O2. The van der Waals surface area contributed by atoms with Crippen molar-refractivity contribution in [1.29, 1.82) is 0 Å². The molecule has 0 aliphatic heterocycles. The topological polar surface area (TPSA) is 81.8 Å². The van der Waals surface area contributed by atoms with Gasteiger partial charge in [-0.3, -0.25) is 9.59 Å². The number of anilines is 1. The van der Waals surface area contributed by atoms with E-state index in [0.29, 0.717) is 10.9 Å². The van der Waals surface area contributed by atoms with E-state index in [1.54, 1.807) is 10.9 Å². The highest BCUT2D eigenvalue weighted by Gasteiger charge is 2.20. The zero-order valence-electron chi connectivity index (χ0n) is 19.0. The Bertz CT molecular complexity index is 1380. The number of para-hydroxylation sites is 1. The fourth-order valence-corrected chi connectivity index (χ4v) is 3.82. The number of hydrogen-bond donors (Lipinski definition) is 1. The highest BCUT2D eigenvalue weighted by molar-refractivity contribution is 5.91. The van der Waals surface area contributed by atoms with E-state index in [2.05, 4.69) is 15.5 Å². The number of nitrogens with zero attached hydrogens (tertiary/aromatic N) is 4.